The molecular formula is C13H26NO7P. The van der Waals surface area contributed by atoms with Crippen LogP contribution in [0, 0.1) is 0 Å². The highest BCUT2D eigenvalue weighted by Crippen LogP contribution is 2.47. The molecule has 0 fully saturated rings. The fraction of sp³-hybridized carbons (Fsp3) is 0.846. The molecule has 0 radical (unpaired) electrons. The molecule has 0 aliphatic heterocycles. The molecule has 8 nitrogen and oxygen atoms in total. The molecule has 1 amide bonds. The van der Waals surface area contributed by atoms with E-state index in [2.05, 4.69) is 0 Å². The summed E-state index contributed by atoms with van der Waals surface area (Å²) < 4.78 is 21.4. The maximum atomic E-state index is 11.5. The van der Waals surface area contributed by atoms with E-state index in [1.54, 1.807) is 0 Å². The Hall–Kier alpha value is -0.950. The minimum Gasteiger partial charge on any atom is -0.480 e. The van der Waals surface area contributed by atoms with E-state index in [0.29, 0.717) is 0 Å². The van der Waals surface area contributed by atoms with Gasteiger partial charge in [-0.2, -0.15) is 0 Å². The Labute approximate surface area is 132 Å². The number of rotatable bonds is 7. The summed E-state index contributed by atoms with van der Waals surface area (Å²) >= 11 is 0. The van der Waals surface area contributed by atoms with Crippen molar-refractivity contribution < 1.29 is 33.0 Å². The van der Waals surface area contributed by atoms with Crippen LogP contribution >= 0.6 is 8.60 Å². The van der Waals surface area contributed by atoms with Gasteiger partial charge < -0.3 is 23.8 Å². The molecule has 0 saturated carbocycles. The van der Waals surface area contributed by atoms with Gasteiger partial charge in [0.2, 0.25) is 6.79 Å². The van der Waals surface area contributed by atoms with Gasteiger partial charge in [-0.25, -0.2) is 4.79 Å². The van der Waals surface area contributed by atoms with E-state index in [1.165, 1.54) is 7.05 Å². The standard InChI is InChI=1S/C13H26NO7P/c1-12(2,3)20-22(21-13(4,5)6)19-9-18-11(17)14(7)8-10(15)16/h8-9H2,1-7H3,(H,15,16). The minimum absolute atomic E-state index is 0.388. The third-order valence-corrected chi connectivity index (χ3v) is 3.43. The number of amides is 1. The molecule has 0 unspecified atom stereocenters. The molecule has 0 heterocycles. The van der Waals surface area contributed by atoms with Crippen LogP contribution in [0.5, 0.6) is 0 Å². The lowest BCUT2D eigenvalue weighted by atomic mass is 10.2. The van der Waals surface area contributed by atoms with Crippen molar-refractivity contribution in [3.8, 4) is 0 Å². The third-order valence-electron chi connectivity index (χ3n) is 1.72. The second kappa shape index (κ2) is 8.62. The lowest BCUT2D eigenvalue weighted by Crippen LogP contribution is -2.33. The highest BCUT2D eigenvalue weighted by molar-refractivity contribution is 7.41. The van der Waals surface area contributed by atoms with Gasteiger partial charge in [-0.05, 0) is 41.5 Å². The first-order valence-electron chi connectivity index (χ1n) is 6.71. The van der Waals surface area contributed by atoms with Gasteiger partial charge in [0.15, 0.2) is 0 Å². The van der Waals surface area contributed by atoms with E-state index < -0.39 is 38.4 Å². The zero-order chi connectivity index (χ0) is 17.6. The van der Waals surface area contributed by atoms with Gasteiger partial charge in [-0.1, -0.05) is 0 Å². The first kappa shape index (κ1) is 21.0. The molecule has 130 valence electrons. The molecule has 0 aromatic carbocycles. The molecular weight excluding hydrogens is 313 g/mol. The third kappa shape index (κ3) is 11.7. The van der Waals surface area contributed by atoms with Crippen LogP contribution in [0.15, 0.2) is 0 Å². The molecule has 0 aromatic heterocycles. The number of carbonyl (C=O) groups excluding carboxylic acids is 1. The fourth-order valence-electron chi connectivity index (χ4n) is 1.02. The zero-order valence-corrected chi connectivity index (χ0v) is 15.1. The van der Waals surface area contributed by atoms with E-state index in [1.807, 2.05) is 41.5 Å². The van der Waals surface area contributed by atoms with E-state index in [9.17, 15) is 9.59 Å². The number of hydrogen-bond donors (Lipinski definition) is 1. The average molecular weight is 339 g/mol. The highest BCUT2D eigenvalue weighted by atomic mass is 31.2. The number of carboxylic acid groups (broad SMARTS) is 1. The molecule has 9 heteroatoms. The first-order valence-corrected chi connectivity index (χ1v) is 7.81. The molecule has 0 aliphatic rings. The molecule has 0 spiro atoms. The predicted molar refractivity (Wildman–Crippen MR) is 81.3 cm³/mol. The number of hydrogen-bond acceptors (Lipinski definition) is 6. The van der Waals surface area contributed by atoms with Gasteiger partial charge >= 0.3 is 20.7 Å². The van der Waals surface area contributed by atoms with E-state index in [-0.39, 0.29) is 6.79 Å². The Morgan fingerprint density at radius 1 is 1.05 bits per heavy atom. The van der Waals surface area contributed by atoms with E-state index >= 15 is 0 Å². The van der Waals surface area contributed by atoms with Crippen LogP contribution in [-0.4, -0.2) is 53.7 Å². The van der Waals surface area contributed by atoms with Crippen LogP contribution in [0.25, 0.3) is 0 Å². The highest BCUT2D eigenvalue weighted by Gasteiger charge is 2.27. The van der Waals surface area contributed by atoms with E-state index in [0.717, 1.165) is 4.90 Å². The van der Waals surface area contributed by atoms with Crippen molar-refractivity contribution in [2.45, 2.75) is 52.7 Å². The molecule has 0 bridgehead atoms. The average Bonchev–Trinajstić information content (AvgIpc) is 2.22. The summed E-state index contributed by atoms with van der Waals surface area (Å²) in [6, 6.07) is 0. The first-order chi connectivity index (χ1) is 9.80. The van der Waals surface area contributed by atoms with Gasteiger partial charge in [-0.3, -0.25) is 9.32 Å². The number of likely N-dealkylation sites (N-methyl/N-ethyl adjacent to an activating group) is 1. The fourth-order valence-corrected chi connectivity index (χ4v) is 2.19. The zero-order valence-electron chi connectivity index (χ0n) is 14.2. The molecule has 0 atom stereocenters. The van der Waals surface area contributed by atoms with Crippen LogP contribution < -0.4 is 0 Å². The summed E-state index contributed by atoms with van der Waals surface area (Å²) in [5.41, 5.74) is -0.970. The van der Waals surface area contributed by atoms with Gasteiger partial charge in [0.25, 0.3) is 0 Å². The number of nitrogens with zero attached hydrogens (tertiary/aromatic N) is 1. The summed E-state index contributed by atoms with van der Waals surface area (Å²) in [5.74, 6) is -1.13. The minimum atomic E-state index is -1.72. The number of ether oxygens (including phenoxy) is 1. The normalized spacial score (nSPS) is 12.4. The number of carbonyl (C=O) groups is 2. The van der Waals surface area contributed by atoms with Gasteiger partial charge in [-0.15, -0.1) is 0 Å². The summed E-state index contributed by atoms with van der Waals surface area (Å²) in [6.45, 7) is 10.3. The van der Waals surface area contributed by atoms with Crippen molar-refractivity contribution in [2.75, 3.05) is 20.4 Å². The summed E-state index contributed by atoms with van der Waals surface area (Å²) in [4.78, 5) is 22.9. The van der Waals surface area contributed by atoms with Crippen molar-refractivity contribution in [3.63, 3.8) is 0 Å². The van der Waals surface area contributed by atoms with E-state index in [4.69, 9.17) is 23.4 Å². The quantitative estimate of drug-likeness (QED) is 0.563. The molecule has 0 saturated heterocycles. The van der Waals surface area contributed by atoms with Gasteiger partial charge in [0, 0.05) is 7.05 Å². The lowest BCUT2D eigenvalue weighted by molar-refractivity contribution is -0.137. The maximum absolute atomic E-state index is 11.5. The van der Waals surface area contributed by atoms with Crippen LogP contribution in [0.1, 0.15) is 41.5 Å². The second-order valence-electron chi connectivity index (χ2n) is 6.54. The number of aliphatic carboxylic acids is 1. The SMILES string of the molecule is CN(CC(=O)O)C(=O)OCOP(OC(C)(C)C)OC(C)(C)C. The Balaban J connectivity index is 4.39. The van der Waals surface area contributed by atoms with Gasteiger partial charge in [0.1, 0.15) is 6.54 Å². The topological polar surface area (TPSA) is 94.5 Å². The van der Waals surface area contributed by atoms with Crippen molar-refractivity contribution in [1.82, 2.24) is 4.90 Å². The van der Waals surface area contributed by atoms with Crippen LogP contribution in [0.4, 0.5) is 4.79 Å². The second-order valence-corrected chi connectivity index (χ2v) is 7.61. The van der Waals surface area contributed by atoms with Gasteiger partial charge in [0.05, 0.1) is 11.2 Å². The largest absolute Gasteiger partial charge is 0.480 e. The van der Waals surface area contributed by atoms with Crippen LogP contribution in [0.3, 0.4) is 0 Å². The molecule has 1 N–H and O–H groups in total. The Bertz CT molecular complexity index is 360. The van der Waals surface area contributed by atoms with Crippen molar-refractivity contribution >= 4 is 20.7 Å². The van der Waals surface area contributed by atoms with Crippen molar-refractivity contribution in [3.05, 3.63) is 0 Å². The Morgan fingerprint density at radius 2 is 1.50 bits per heavy atom. The lowest BCUT2D eigenvalue weighted by Gasteiger charge is -2.30. The monoisotopic (exact) mass is 339 g/mol. The Kier molecular flexibility index (Phi) is 8.25. The summed E-state index contributed by atoms with van der Waals surface area (Å²) in [6.07, 6.45) is -0.802. The molecule has 0 aromatic rings. The Morgan fingerprint density at radius 3 is 1.86 bits per heavy atom. The van der Waals surface area contributed by atoms with Crippen molar-refractivity contribution in [1.29, 1.82) is 0 Å². The predicted octanol–water partition coefficient (Wildman–Crippen LogP) is 2.97. The maximum Gasteiger partial charge on any atom is 0.412 e. The van der Waals surface area contributed by atoms with Crippen LogP contribution in [0.2, 0.25) is 0 Å². The smallest absolute Gasteiger partial charge is 0.412 e. The molecule has 0 rings (SSSR count). The summed E-state index contributed by atoms with van der Waals surface area (Å²) in [7, 11) is -0.399. The van der Waals surface area contributed by atoms with Crippen LogP contribution in [-0.2, 0) is 23.1 Å². The molecule has 22 heavy (non-hydrogen) atoms. The van der Waals surface area contributed by atoms with Crippen molar-refractivity contribution in [2.24, 2.45) is 0 Å². The summed E-state index contributed by atoms with van der Waals surface area (Å²) in [5, 5.41) is 8.58. The number of carboxylic acids is 1. The molecule has 0 aliphatic carbocycles.